The fourth-order valence-corrected chi connectivity index (χ4v) is 7.55. The zero-order valence-corrected chi connectivity index (χ0v) is 17.1. The molecule has 6 atom stereocenters. The molecular formula is C23H34O4. The van der Waals surface area contributed by atoms with Crippen LogP contribution in [0.2, 0.25) is 0 Å². The lowest BCUT2D eigenvalue weighted by atomic mass is 9.54. The maximum atomic E-state index is 10.6. The van der Waals surface area contributed by atoms with Crippen molar-refractivity contribution in [2.75, 3.05) is 13.2 Å². The third-order valence-corrected chi connectivity index (χ3v) is 9.26. The van der Waals surface area contributed by atoms with E-state index in [1.165, 1.54) is 12.8 Å². The molecule has 3 saturated carbocycles. The summed E-state index contributed by atoms with van der Waals surface area (Å²) in [4.78, 5) is 0. The Balaban J connectivity index is 1.29. The summed E-state index contributed by atoms with van der Waals surface area (Å²) in [5, 5.41) is 10.6. The van der Waals surface area contributed by atoms with E-state index in [2.05, 4.69) is 26.8 Å². The lowest BCUT2D eigenvalue weighted by Crippen LogP contribution is -2.56. The van der Waals surface area contributed by atoms with Gasteiger partial charge in [-0.05, 0) is 55.9 Å². The first-order chi connectivity index (χ1) is 12.7. The first kappa shape index (κ1) is 17.4. The number of rotatable bonds is 0. The molecule has 150 valence electrons. The normalized spacial score (nSPS) is 54.4. The molecule has 2 heterocycles. The molecule has 6 rings (SSSR count). The Kier molecular flexibility index (Phi) is 3.23. The summed E-state index contributed by atoms with van der Waals surface area (Å²) in [6, 6.07) is 0. The highest BCUT2D eigenvalue weighted by atomic mass is 16.7. The zero-order valence-electron chi connectivity index (χ0n) is 17.1. The van der Waals surface area contributed by atoms with Crippen LogP contribution in [-0.2, 0) is 14.2 Å². The molecule has 27 heavy (non-hydrogen) atoms. The van der Waals surface area contributed by atoms with Gasteiger partial charge in [-0.2, -0.15) is 0 Å². The van der Waals surface area contributed by atoms with Gasteiger partial charge in [0.15, 0.2) is 5.79 Å². The van der Waals surface area contributed by atoms with Gasteiger partial charge in [-0.25, -0.2) is 0 Å². The van der Waals surface area contributed by atoms with E-state index in [0.717, 1.165) is 51.7 Å². The molecule has 1 N–H and O–H groups in total. The lowest BCUT2D eigenvalue weighted by Gasteiger charge is -2.52. The molecule has 2 aliphatic heterocycles. The molecule has 2 unspecified atom stereocenters. The van der Waals surface area contributed by atoms with E-state index in [-0.39, 0.29) is 28.1 Å². The number of epoxide rings is 1. The van der Waals surface area contributed by atoms with Gasteiger partial charge in [0, 0.05) is 23.7 Å². The van der Waals surface area contributed by atoms with Gasteiger partial charge in [0.1, 0.15) is 11.2 Å². The van der Waals surface area contributed by atoms with Crippen molar-refractivity contribution in [3.05, 3.63) is 11.6 Å². The summed E-state index contributed by atoms with van der Waals surface area (Å²) in [7, 11) is 0. The van der Waals surface area contributed by atoms with E-state index in [9.17, 15) is 5.11 Å². The molecule has 6 aliphatic rings. The molecule has 4 heteroatoms. The average Bonchev–Trinajstić information content (AvgIpc) is 3.23. The summed E-state index contributed by atoms with van der Waals surface area (Å²) >= 11 is 0. The van der Waals surface area contributed by atoms with Gasteiger partial charge in [0.05, 0.1) is 19.3 Å². The second kappa shape index (κ2) is 5.00. The molecule has 0 radical (unpaired) electrons. The Morgan fingerprint density at radius 1 is 1.00 bits per heavy atom. The fraction of sp³-hybridized carbons (Fsp3) is 0.913. The SMILES string of the molecule is CC1(C)COC2(CCC34OC3(CC[C@@H]3C4=CC[C@]4(C)[C@@H](O)CC[C@@H]34)C2)OC1. The summed E-state index contributed by atoms with van der Waals surface area (Å²) in [6.07, 6.45) is 10.7. The van der Waals surface area contributed by atoms with Crippen molar-refractivity contribution in [1.29, 1.82) is 0 Å². The van der Waals surface area contributed by atoms with Gasteiger partial charge in [0.25, 0.3) is 0 Å². The Labute approximate surface area is 162 Å². The minimum absolute atomic E-state index is 0.0459. The number of ether oxygens (including phenoxy) is 3. The molecule has 4 nitrogen and oxygen atoms in total. The number of aliphatic hydroxyl groups excluding tert-OH is 1. The van der Waals surface area contributed by atoms with Crippen LogP contribution in [0.3, 0.4) is 0 Å². The van der Waals surface area contributed by atoms with E-state index >= 15 is 0 Å². The molecule has 0 aromatic carbocycles. The molecule has 0 amide bonds. The van der Waals surface area contributed by atoms with Gasteiger partial charge in [-0.3, -0.25) is 0 Å². The topological polar surface area (TPSA) is 51.2 Å². The molecule has 1 spiro atoms. The molecule has 0 bridgehead atoms. The van der Waals surface area contributed by atoms with E-state index in [1.54, 1.807) is 5.57 Å². The largest absolute Gasteiger partial charge is 0.393 e. The smallest absolute Gasteiger partial charge is 0.171 e. The number of allylic oxidation sites excluding steroid dienone is 1. The van der Waals surface area contributed by atoms with Gasteiger partial charge >= 0.3 is 0 Å². The second-order valence-electron chi connectivity index (χ2n) is 11.5. The summed E-state index contributed by atoms with van der Waals surface area (Å²) < 4.78 is 19.4. The van der Waals surface area contributed by atoms with Crippen LogP contribution in [-0.4, -0.2) is 41.4 Å². The first-order valence-electron chi connectivity index (χ1n) is 11.1. The quantitative estimate of drug-likeness (QED) is 0.515. The Morgan fingerprint density at radius 2 is 1.78 bits per heavy atom. The molecule has 0 aromatic rings. The minimum Gasteiger partial charge on any atom is -0.393 e. The van der Waals surface area contributed by atoms with Crippen molar-refractivity contribution in [3.8, 4) is 0 Å². The third kappa shape index (κ3) is 2.09. The van der Waals surface area contributed by atoms with Crippen LogP contribution in [0.1, 0.15) is 72.1 Å². The second-order valence-corrected chi connectivity index (χ2v) is 11.5. The lowest BCUT2D eigenvalue weighted by molar-refractivity contribution is -0.313. The van der Waals surface area contributed by atoms with Crippen molar-refractivity contribution in [2.24, 2.45) is 22.7 Å². The highest BCUT2D eigenvalue weighted by molar-refractivity contribution is 5.43. The summed E-state index contributed by atoms with van der Waals surface area (Å²) in [5.41, 5.74) is 1.67. The van der Waals surface area contributed by atoms with E-state index in [1.807, 2.05) is 0 Å². The maximum Gasteiger partial charge on any atom is 0.171 e. The van der Waals surface area contributed by atoms with Crippen molar-refractivity contribution >= 4 is 0 Å². The molecule has 0 aromatic heterocycles. The Morgan fingerprint density at radius 3 is 2.56 bits per heavy atom. The van der Waals surface area contributed by atoms with Crippen molar-refractivity contribution in [2.45, 2.75) is 95.2 Å². The fourth-order valence-electron chi connectivity index (χ4n) is 7.55. The average molecular weight is 375 g/mol. The predicted octanol–water partition coefficient (Wildman–Crippen LogP) is 3.96. The predicted molar refractivity (Wildman–Crippen MR) is 101 cm³/mol. The van der Waals surface area contributed by atoms with Crippen LogP contribution in [0, 0.1) is 22.7 Å². The monoisotopic (exact) mass is 374 g/mol. The van der Waals surface area contributed by atoms with Crippen molar-refractivity contribution < 1.29 is 19.3 Å². The van der Waals surface area contributed by atoms with Crippen LogP contribution in [0.4, 0.5) is 0 Å². The number of aliphatic hydroxyl groups is 1. The number of hydrogen-bond donors (Lipinski definition) is 1. The maximum absolute atomic E-state index is 10.6. The highest BCUT2D eigenvalue weighted by Gasteiger charge is 2.79. The van der Waals surface area contributed by atoms with Crippen LogP contribution in [0.5, 0.6) is 0 Å². The third-order valence-electron chi connectivity index (χ3n) is 9.26. The molecule has 4 aliphatic carbocycles. The zero-order chi connectivity index (χ0) is 18.7. The van der Waals surface area contributed by atoms with Gasteiger partial charge in [-0.1, -0.05) is 26.8 Å². The van der Waals surface area contributed by atoms with Gasteiger partial charge in [0.2, 0.25) is 0 Å². The molecular weight excluding hydrogens is 340 g/mol. The Hall–Kier alpha value is -0.420. The van der Waals surface area contributed by atoms with Crippen LogP contribution < -0.4 is 0 Å². The number of hydrogen-bond acceptors (Lipinski definition) is 4. The number of fused-ring (bicyclic) bond motifs is 3. The van der Waals surface area contributed by atoms with Crippen LogP contribution in [0.25, 0.3) is 0 Å². The standard InChI is InChI=1S/C23H34O4/c1-19(2)13-25-22(26-14-19)10-11-23-17-7-8-20(3)16(4-5-18(20)24)15(17)6-9-21(23,12-22)27-23/h7,15-16,18,24H,4-6,8-14H2,1-3H3/t15-,16-,18-,20-,21?,23?/m0/s1. The minimum atomic E-state index is -0.421. The van der Waals surface area contributed by atoms with Gasteiger partial charge < -0.3 is 19.3 Å². The molecule has 2 saturated heterocycles. The highest BCUT2D eigenvalue weighted by Crippen LogP contribution is 2.73. The van der Waals surface area contributed by atoms with E-state index < -0.39 is 5.79 Å². The summed E-state index contributed by atoms with van der Waals surface area (Å²) in [5.74, 6) is 0.816. The Bertz CT molecular complexity index is 703. The first-order valence-corrected chi connectivity index (χ1v) is 11.1. The van der Waals surface area contributed by atoms with Crippen molar-refractivity contribution in [1.82, 2.24) is 0 Å². The van der Waals surface area contributed by atoms with Gasteiger partial charge in [-0.15, -0.1) is 0 Å². The van der Waals surface area contributed by atoms with E-state index in [0.29, 0.717) is 11.8 Å². The van der Waals surface area contributed by atoms with Crippen LogP contribution >= 0.6 is 0 Å². The summed E-state index contributed by atoms with van der Waals surface area (Å²) in [6.45, 7) is 8.30. The van der Waals surface area contributed by atoms with Crippen molar-refractivity contribution in [3.63, 3.8) is 0 Å². The van der Waals surface area contributed by atoms with E-state index in [4.69, 9.17) is 14.2 Å². The van der Waals surface area contributed by atoms with Crippen LogP contribution in [0.15, 0.2) is 11.6 Å². The molecule has 5 fully saturated rings.